The third-order valence-corrected chi connectivity index (χ3v) is 6.74. The number of imide groups is 1. The van der Waals surface area contributed by atoms with Crippen LogP contribution in [-0.2, 0) is 16.0 Å². The third kappa shape index (κ3) is 4.18. The van der Waals surface area contributed by atoms with Crippen LogP contribution in [-0.4, -0.2) is 41.1 Å². The quantitative estimate of drug-likeness (QED) is 0.632. The first-order valence-electron chi connectivity index (χ1n) is 11.0. The molecule has 1 atom stereocenters. The molecule has 1 saturated carbocycles. The van der Waals surface area contributed by atoms with Gasteiger partial charge >= 0.3 is 6.01 Å². The van der Waals surface area contributed by atoms with Crippen LogP contribution >= 0.6 is 0 Å². The van der Waals surface area contributed by atoms with E-state index in [0.29, 0.717) is 36.1 Å². The molecule has 3 fully saturated rings. The van der Waals surface area contributed by atoms with Gasteiger partial charge in [-0.1, -0.05) is 12.0 Å². The maximum Gasteiger partial charge on any atom is 0.315 e. The van der Waals surface area contributed by atoms with Crippen molar-refractivity contribution >= 4 is 23.5 Å². The normalized spacial score (nSPS) is 22.5. The highest BCUT2D eigenvalue weighted by atomic mass is 19.1. The number of anilines is 2. The minimum absolute atomic E-state index is 0.0187. The summed E-state index contributed by atoms with van der Waals surface area (Å²) >= 11 is 0. The summed E-state index contributed by atoms with van der Waals surface area (Å²) in [4.78, 5) is 25.1. The van der Waals surface area contributed by atoms with Crippen molar-refractivity contribution in [3.05, 3.63) is 35.2 Å². The number of benzene rings is 1. The molecule has 3 aliphatic rings. The SMILES string of the molecule is CC1(CCc2nnc(NC3CN(c4cc(F)c(C5CCC(=O)NC5=O)c(F)c4)C3)o2)CC1. The zero-order valence-electron chi connectivity index (χ0n) is 17.8. The van der Waals surface area contributed by atoms with E-state index in [9.17, 15) is 18.4 Å². The molecule has 1 aromatic heterocycles. The van der Waals surface area contributed by atoms with E-state index in [-0.39, 0.29) is 24.4 Å². The predicted octanol–water partition coefficient (Wildman–Crippen LogP) is 2.90. The van der Waals surface area contributed by atoms with E-state index in [1.807, 2.05) is 4.90 Å². The fraction of sp³-hybridized carbons (Fsp3) is 0.545. The van der Waals surface area contributed by atoms with E-state index >= 15 is 0 Å². The third-order valence-electron chi connectivity index (χ3n) is 6.74. The molecule has 0 radical (unpaired) electrons. The molecule has 170 valence electrons. The van der Waals surface area contributed by atoms with Gasteiger partial charge in [-0.2, -0.15) is 0 Å². The average molecular weight is 445 g/mol. The van der Waals surface area contributed by atoms with Gasteiger partial charge in [0.25, 0.3) is 0 Å². The van der Waals surface area contributed by atoms with Gasteiger partial charge in [-0.25, -0.2) is 8.78 Å². The second kappa shape index (κ2) is 7.83. The number of halogens is 2. The van der Waals surface area contributed by atoms with Gasteiger partial charge in [-0.15, -0.1) is 5.10 Å². The van der Waals surface area contributed by atoms with Crippen LogP contribution in [0.3, 0.4) is 0 Å². The lowest BCUT2D eigenvalue weighted by Crippen LogP contribution is -2.55. The summed E-state index contributed by atoms with van der Waals surface area (Å²) in [6.45, 7) is 3.30. The Labute approximate surface area is 183 Å². The number of carbonyl (C=O) groups excluding carboxylic acids is 2. The summed E-state index contributed by atoms with van der Waals surface area (Å²) in [6.07, 6.45) is 4.46. The lowest BCUT2D eigenvalue weighted by molar-refractivity contribution is -0.134. The first kappa shape index (κ1) is 20.8. The van der Waals surface area contributed by atoms with Crippen LogP contribution in [0, 0.1) is 17.0 Å². The maximum absolute atomic E-state index is 14.7. The molecule has 2 amide bonds. The number of amides is 2. The molecule has 32 heavy (non-hydrogen) atoms. The molecule has 5 rings (SSSR count). The number of nitrogens with zero attached hydrogens (tertiary/aromatic N) is 3. The Balaban J connectivity index is 1.17. The minimum atomic E-state index is -0.998. The number of nitrogens with one attached hydrogen (secondary N) is 2. The Bertz CT molecular complexity index is 1040. The van der Waals surface area contributed by atoms with Gasteiger partial charge in [0.15, 0.2) is 0 Å². The summed E-state index contributed by atoms with van der Waals surface area (Å²) in [5, 5.41) is 13.4. The van der Waals surface area contributed by atoms with E-state index in [1.54, 1.807) is 0 Å². The maximum atomic E-state index is 14.7. The van der Waals surface area contributed by atoms with Gasteiger partial charge < -0.3 is 14.6 Å². The van der Waals surface area contributed by atoms with Crippen molar-refractivity contribution in [2.45, 2.75) is 57.4 Å². The Hall–Kier alpha value is -3.04. The van der Waals surface area contributed by atoms with E-state index in [1.165, 1.54) is 25.0 Å². The molecule has 1 unspecified atom stereocenters. The Morgan fingerprint density at radius 3 is 2.59 bits per heavy atom. The van der Waals surface area contributed by atoms with Gasteiger partial charge in [0.05, 0.1) is 12.0 Å². The summed E-state index contributed by atoms with van der Waals surface area (Å²) in [5.74, 6) is -3.03. The highest BCUT2D eigenvalue weighted by molar-refractivity contribution is 6.01. The molecule has 2 aliphatic heterocycles. The molecule has 2 N–H and O–H groups in total. The fourth-order valence-corrected chi connectivity index (χ4v) is 4.30. The number of rotatable bonds is 7. The molecule has 3 heterocycles. The molecular weight excluding hydrogens is 420 g/mol. The van der Waals surface area contributed by atoms with Crippen LogP contribution in [0.25, 0.3) is 0 Å². The molecule has 0 spiro atoms. The van der Waals surface area contributed by atoms with Gasteiger partial charge in [0, 0.05) is 37.2 Å². The second-order valence-electron chi connectivity index (χ2n) is 9.38. The van der Waals surface area contributed by atoms with E-state index in [0.717, 1.165) is 12.8 Å². The van der Waals surface area contributed by atoms with Gasteiger partial charge in [-0.05, 0) is 43.2 Å². The molecule has 1 aliphatic carbocycles. The molecule has 2 aromatic rings. The zero-order chi connectivity index (χ0) is 22.5. The molecular formula is C22H25F2N5O3. The number of carbonyl (C=O) groups is 2. The van der Waals surface area contributed by atoms with Gasteiger partial charge in [0.1, 0.15) is 11.6 Å². The Morgan fingerprint density at radius 2 is 1.94 bits per heavy atom. The summed E-state index contributed by atoms with van der Waals surface area (Å²) in [6, 6.07) is 2.85. The van der Waals surface area contributed by atoms with Crippen LogP contribution in [0.2, 0.25) is 0 Å². The first-order chi connectivity index (χ1) is 15.3. The summed E-state index contributed by atoms with van der Waals surface area (Å²) in [5.41, 5.74) is 0.542. The average Bonchev–Trinajstić information content (AvgIpc) is 3.27. The fourth-order valence-electron chi connectivity index (χ4n) is 4.30. The van der Waals surface area contributed by atoms with Gasteiger partial charge in [-0.3, -0.25) is 14.9 Å². The van der Waals surface area contributed by atoms with Crippen molar-refractivity contribution < 1.29 is 22.8 Å². The molecule has 10 heteroatoms. The van der Waals surface area contributed by atoms with Crippen LogP contribution in [0.4, 0.5) is 20.5 Å². The van der Waals surface area contributed by atoms with Crippen LogP contribution in [0.1, 0.15) is 56.4 Å². The first-order valence-corrected chi connectivity index (χ1v) is 11.0. The molecule has 8 nitrogen and oxygen atoms in total. The van der Waals surface area contributed by atoms with Crippen molar-refractivity contribution in [3.8, 4) is 0 Å². The smallest absolute Gasteiger partial charge is 0.315 e. The van der Waals surface area contributed by atoms with Crippen LogP contribution in [0.15, 0.2) is 16.5 Å². The highest BCUT2D eigenvalue weighted by Gasteiger charge is 2.37. The van der Waals surface area contributed by atoms with E-state index in [2.05, 4.69) is 27.8 Å². The number of hydrogen-bond donors (Lipinski definition) is 2. The standard InChI is InChI=1S/C22H25F2N5O3/c1-22(6-7-22)5-4-18-27-28-21(32-18)25-12-10-29(11-12)13-8-15(23)19(16(24)9-13)14-2-3-17(30)26-20(14)31/h8-9,12,14H,2-7,10-11H2,1H3,(H,25,28)(H,26,30,31). The monoisotopic (exact) mass is 445 g/mol. The van der Waals surface area contributed by atoms with Crippen molar-refractivity contribution in [1.82, 2.24) is 15.5 Å². The zero-order valence-corrected chi connectivity index (χ0v) is 17.8. The molecule has 0 bridgehead atoms. The molecule has 1 aromatic carbocycles. The lowest BCUT2D eigenvalue weighted by Gasteiger charge is -2.41. The summed E-state index contributed by atoms with van der Waals surface area (Å²) in [7, 11) is 0. The minimum Gasteiger partial charge on any atom is -0.408 e. The van der Waals surface area contributed by atoms with Crippen molar-refractivity contribution in [1.29, 1.82) is 0 Å². The van der Waals surface area contributed by atoms with E-state index in [4.69, 9.17) is 4.42 Å². The van der Waals surface area contributed by atoms with Crippen molar-refractivity contribution in [2.75, 3.05) is 23.3 Å². The van der Waals surface area contributed by atoms with Crippen molar-refractivity contribution in [2.24, 2.45) is 5.41 Å². The largest absolute Gasteiger partial charge is 0.408 e. The van der Waals surface area contributed by atoms with Crippen LogP contribution in [0.5, 0.6) is 0 Å². The topological polar surface area (TPSA) is 100 Å². The van der Waals surface area contributed by atoms with Crippen LogP contribution < -0.4 is 15.5 Å². The Morgan fingerprint density at radius 1 is 1.22 bits per heavy atom. The van der Waals surface area contributed by atoms with Gasteiger partial charge in [0.2, 0.25) is 17.7 Å². The number of aromatic nitrogens is 2. The summed E-state index contributed by atoms with van der Waals surface area (Å²) < 4.78 is 35.1. The van der Waals surface area contributed by atoms with E-state index < -0.39 is 29.4 Å². The van der Waals surface area contributed by atoms with Crippen molar-refractivity contribution in [3.63, 3.8) is 0 Å². The Kier molecular flexibility index (Phi) is 5.10. The number of piperidine rings is 1. The highest BCUT2D eigenvalue weighted by Crippen LogP contribution is 2.48. The predicted molar refractivity (Wildman–Crippen MR) is 111 cm³/mol. The molecule has 2 saturated heterocycles. The second-order valence-corrected chi connectivity index (χ2v) is 9.38. The number of aryl methyl sites for hydroxylation is 1. The lowest BCUT2D eigenvalue weighted by atomic mass is 9.89. The number of hydrogen-bond acceptors (Lipinski definition) is 7.